The summed E-state index contributed by atoms with van der Waals surface area (Å²) < 4.78 is 68.0. The second-order valence-electron chi connectivity index (χ2n) is 8.52. The second-order valence-corrected chi connectivity index (χ2v) is 11.3. The van der Waals surface area contributed by atoms with Gasteiger partial charge >= 0.3 is 11.9 Å². The standard InChI is InChI=1S/C26H16N2O10S2.Na/c29-25(30)19-11-17(13-5-1-3-7-21(13)39(33,34)35)15-9-10-16-18(14-6-2-4-8-22(14)40(36,37)38)12-20(26(31)32)28-24(16)23(15)27-19;/h1-12H,(H,29,30)(H,31,32)(H,33,34,35)(H,36,37,38);. The molecular weight excluding hydrogens is 587 g/mol. The van der Waals surface area contributed by atoms with E-state index in [2.05, 4.69) is 9.97 Å². The van der Waals surface area contributed by atoms with E-state index in [1.54, 1.807) is 0 Å². The van der Waals surface area contributed by atoms with Crippen molar-refractivity contribution in [2.24, 2.45) is 0 Å². The smallest absolute Gasteiger partial charge is 0.354 e. The molecule has 0 fully saturated rings. The van der Waals surface area contributed by atoms with Crippen LogP contribution in [-0.2, 0) is 20.2 Å². The van der Waals surface area contributed by atoms with Crippen LogP contribution in [0.25, 0.3) is 44.1 Å². The normalized spacial score (nSPS) is 11.8. The fourth-order valence-corrected chi connectivity index (χ4v) is 5.88. The van der Waals surface area contributed by atoms with Gasteiger partial charge in [-0.3, -0.25) is 9.11 Å². The van der Waals surface area contributed by atoms with E-state index < -0.39 is 53.4 Å². The van der Waals surface area contributed by atoms with Gasteiger partial charge in [0.25, 0.3) is 20.2 Å². The van der Waals surface area contributed by atoms with Gasteiger partial charge in [0.1, 0.15) is 21.2 Å². The predicted octanol–water partition coefficient (Wildman–Crippen LogP) is 3.63. The minimum absolute atomic E-state index is 0. The van der Waals surface area contributed by atoms with Crippen LogP contribution in [0.15, 0.2) is 82.6 Å². The molecule has 41 heavy (non-hydrogen) atoms. The third kappa shape index (κ3) is 5.58. The molecule has 2 aromatic heterocycles. The summed E-state index contributed by atoms with van der Waals surface area (Å²) in [6, 6.07) is 15.8. The molecule has 0 atom stereocenters. The van der Waals surface area contributed by atoms with Crippen molar-refractivity contribution in [2.75, 3.05) is 0 Å². The minimum atomic E-state index is -4.75. The third-order valence-electron chi connectivity index (χ3n) is 6.11. The summed E-state index contributed by atoms with van der Waals surface area (Å²) in [6.45, 7) is 0. The fourth-order valence-electron chi connectivity index (χ4n) is 4.47. The maximum Gasteiger partial charge on any atom is 0.354 e. The summed E-state index contributed by atoms with van der Waals surface area (Å²) in [7, 11) is -9.49. The van der Waals surface area contributed by atoms with Crippen molar-refractivity contribution in [3.8, 4) is 22.3 Å². The van der Waals surface area contributed by atoms with E-state index >= 15 is 0 Å². The van der Waals surface area contributed by atoms with Crippen LogP contribution in [0.1, 0.15) is 21.0 Å². The first-order valence-corrected chi connectivity index (χ1v) is 14.0. The van der Waals surface area contributed by atoms with E-state index in [4.69, 9.17) is 0 Å². The SMILES string of the molecule is O=C(O)c1cc(-c2ccccc2S(=O)(=O)O)c2ccc3c(-c4ccccc4S(=O)(=O)O)cc(C(=O)O)nc3c2n1.[Na]. The summed E-state index contributed by atoms with van der Waals surface area (Å²) in [5.41, 5.74) is -1.36. The van der Waals surface area contributed by atoms with Gasteiger partial charge < -0.3 is 10.2 Å². The number of rotatable bonds is 6. The number of carbonyl (C=O) groups is 2. The number of aromatic nitrogens is 2. The van der Waals surface area contributed by atoms with Gasteiger partial charge in [-0.2, -0.15) is 16.8 Å². The molecule has 203 valence electrons. The number of fused-ring (bicyclic) bond motifs is 3. The number of benzene rings is 3. The Bertz CT molecular complexity index is 1980. The van der Waals surface area contributed by atoms with Gasteiger partial charge in [0.2, 0.25) is 0 Å². The minimum Gasteiger partial charge on any atom is -0.477 e. The summed E-state index contributed by atoms with van der Waals surface area (Å²) in [6.07, 6.45) is 0. The van der Waals surface area contributed by atoms with Crippen LogP contribution in [0, 0.1) is 0 Å². The van der Waals surface area contributed by atoms with Crippen LogP contribution in [0.4, 0.5) is 0 Å². The van der Waals surface area contributed by atoms with Crippen molar-refractivity contribution >= 4 is 83.5 Å². The molecule has 15 heteroatoms. The zero-order chi connectivity index (χ0) is 29.0. The van der Waals surface area contributed by atoms with Crippen LogP contribution in [0.3, 0.4) is 0 Å². The molecule has 0 aliphatic heterocycles. The quantitative estimate of drug-likeness (QED) is 0.125. The molecule has 0 bridgehead atoms. The van der Waals surface area contributed by atoms with Gasteiger partial charge in [-0.15, -0.1) is 0 Å². The Hall–Kier alpha value is -3.76. The van der Waals surface area contributed by atoms with Crippen molar-refractivity contribution in [3.05, 3.63) is 84.2 Å². The molecule has 0 saturated carbocycles. The van der Waals surface area contributed by atoms with E-state index in [0.717, 1.165) is 24.3 Å². The Kier molecular flexibility index (Phi) is 8.03. The van der Waals surface area contributed by atoms with Gasteiger partial charge in [0, 0.05) is 51.5 Å². The van der Waals surface area contributed by atoms with E-state index in [0.29, 0.717) is 0 Å². The third-order valence-corrected chi connectivity index (χ3v) is 7.93. The zero-order valence-electron chi connectivity index (χ0n) is 20.9. The van der Waals surface area contributed by atoms with E-state index in [9.17, 15) is 45.7 Å². The van der Waals surface area contributed by atoms with Gasteiger partial charge in [-0.25, -0.2) is 19.6 Å². The van der Waals surface area contributed by atoms with Crippen LogP contribution in [-0.4, -0.2) is 87.6 Å². The molecular formula is C26H16N2NaO10S2. The molecule has 1 radical (unpaired) electrons. The van der Waals surface area contributed by atoms with E-state index in [1.807, 2.05) is 0 Å². The molecule has 5 rings (SSSR count). The van der Waals surface area contributed by atoms with Gasteiger partial charge in [0.15, 0.2) is 0 Å². The first kappa shape index (κ1) is 30.2. The average Bonchev–Trinajstić information content (AvgIpc) is 2.90. The number of carboxylic acids is 2. The number of pyridine rings is 2. The second kappa shape index (κ2) is 10.9. The average molecular weight is 604 g/mol. The maximum absolute atomic E-state index is 12.1. The molecule has 12 nitrogen and oxygen atoms in total. The number of aromatic carboxylic acids is 2. The molecule has 4 N–H and O–H groups in total. The number of hydrogen-bond donors (Lipinski definition) is 4. The van der Waals surface area contributed by atoms with Crippen LogP contribution < -0.4 is 0 Å². The van der Waals surface area contributed by atoms with Gasteiger partial charge in [-0.1, -0.05) is 48.5 Å². The van der Waals surface area contributed by atoms with Gasteiger partial charge in [-0.05, 0) is 35.4 Å². The van der Waals surface area contributed by atoms with Crippen LogP contribution in [0.2, 0.25) is 0 Å². The monoisotopic (exact) mass is 603 g/mol. The van der Waals surface area contributed by atoms with Gasteiger partial charge in [0.05, 0.1) is 11.0 Å². The zero-order valence-corrected chi connectivity index (χ0v) is 24.5. The molecule has 2 heterocycles. The number of hydrogen-bond acceptors (Lipinski definition) is 8. The van der Waals surface area contributed by atoms with Crippen molar-refractivity contribution in [3.63, 3.8) is 0 Å². The summed E-state index contributed by atoms with van der Waals surface area (Å²) in [5, 5.41) is 19.9. The number of carboxylic acid groups (broad SMARTS) is 2. The van der Waals surface area contributed by atoms with E-state index in [-0.39, 0.29) is 73.6 Å². The summed E-state index contributed by atoms with van der Waals surface area (Å²) in [5.74, 6) is -2.98. The molecule has 0 amide bonds. The molecule has 0 spiro atoms. The Labute approximate surface area is 254 Å². The van der Waals surface area contributed by atoms with Crippen LogP contribution in [0.5, 0.6) is 0 Å². The molecule has 5 aromatic rings. The fraction of sp³-hybridized carbons (Fsp3) is 0. The first-order valence-electron chi connectivity index (χ1n) is 11.2. The Morgan fingerprint density at radius 1 is 0.561 bits per heavy atom. The van der Waals surface area contributed by atoms with Crippen LogP contribution >= 0.6 is 0 Å². The van der Waals surface area contributed by atoms with Crippen molar-refractivity contribution in [1.29, 1.82) is 0 Å². The molecule has 0 aliphatic carbocycles. The molecule has 3 aromatic carbocycles. The van der Waals surface area contributed by atoms with Crippen molar-refractivity contribution in [1.82, 2.24) is 9.97 Å². The molecule has 0 saturated heterocycles. The Morgan fingerprint density at radius 2 is 0.902 bits per heavy atom. The molecule has 0 aliphatic rings. The van der Waals surface area contributed by atoms with Crippen molar-refractivity contribution < 1.29 is 45.7 Å². The maximum atomic E-state index is 12.1. The Morgan fingerprint density at radius 3 is 1.22 bits per heavy atom. The largest absolute Gasteiger partial charge is 0.477 e. The first-order chi connectivity index (χ1) is 18.8. The van der Waals surface area contributed by atoms with E-state index in [1.165, 1.54) is 48.5 Å². The number of nitrogens with zero attached hydrogens (tertiary/aromatic N) is 2. The molecule has 0 unspecified atom stereocenters. The van der Waals surface area contributed by atoms with Crippen molar-refractivity contribution in [2.45, 2.75) is 9.79 Å². The predicted molar refractivity (Wildman–Crippen MR) is 147 cm³/mol. The summed E-state index contributed by atoms with van der Waals surface area (Å²) >= 11 is 0. The topological polar surface area (TPSA) is 209 Å². The Balaban J connectivity index is 0.00000387. The summed E-state index contributed by atoms with van der Waals surface area (Å²) in [4.78, 5) is 31.3.